The molecule has 1 heterocycles. The molecule has 0 atom stereocenters. The maximum absolute atomic E-state index is 3.42. The number of nitrogens with one attached hydrogen (secondary N) is 1. The molecule has 0 unspecified atom stereocenters. The Labute approximate surface area is 115 Å². The molecule has 1 aromatic carbocycles. The van der Waals surface area contributed by atoms with Gasteiger partial charge >= 0.3 is 0 Å². The van der Waals surface area contributed by atoms with E-state index in [4.69, 9.17) is 0 Å². The summed E-state index contributed by atoms with van der Waals surface area (Å²) in [6, 6.07) is 6.75. The zero-order valence-electron chi connectivity index (χ0n) is 11.9. The topological polar surface area (TPSA) is 15.3 Å². The second kappa shape index (κ2) is 5.64. The molecule has 18 heavy (non-hydrogen) atoms. The first-order valence-corrected chi connectivity index (χ1v) is 7.53. The first-order valence-electron chi connectivity index (χ1n) is 6.71. The third kappa shape index (κ3) is 3.28. The van der Waals surface area contributed by atoms with E-state index in [1.807, 2.05) is 11.8 Å². The fourth-order valence-corrected chi connectivity index (χ4v) is 3.66. The predicted molar refractivity (Wildman–Crippen MR) is 80.3 cm³/mol. The van der Waals surface area contributed by atoms with Crippen LogP contribution in [0.5, 0.6) is 0 Å². The van der Waals surface area contributed by atoms with Crippen LogP contribution in [0.15, 0.2) is 23.1 Å². The van der Waals surface area contributed by atoms with Gasteiger partial charge in [0, 0.05) is 31.1 Å². The van der Waals surface area contributed by atoms with E-state index in [9.17, 15) is 0 Å². The summed E-state index contributed by atoms with van der Waals surface area (Å²) in [5.74, 6) is 0. The molecule has 0 amide bonds. The lowest BCUT2D eigenvalue weighted by atomic mass is 10.2. The molecule has 0 spiro atoms. The quantitative estimate of drug-likeness (QED) is 0.845. The average molecular weight is 264 g/mol. The second-order valence-electron chi connectivity index (χ2n) is 5.55. The minimum absolute atomic E-state index is 0.169. The monoisotopic (exact) mass is 264 g/mol. The Hall–Kier alpha value is -0.510. The average Bonchev–Trinajstić information content (AvgIpc) is 2.34. The van der Waals surface area contributed by atoms with Gasteiger partial charge in [0.25, 0.3) is 0 Å². The van der Waals surface area contributed by atoms with Gasteiger partial charge in [-0.3, -0.25) is 4.90 Å². The summed E-state index contributed by atoms with van der Waals surface area (Å²) in [5, 5.41) is 3.42. The van der Waals surface area contributed by atoms with Crippen molar-refractivity contribution in [3.05, 3.63) is 29.3 Å². The fourth-order valence-electron chi connectivity index (χ4n) is 2.45. The van der Waals surface area contributed by atoms with E-state index in [1.165, 1.54) is 16.0 Å². The number of piperazine rings is 1. The van der Waals surface area contributed by atoms with Crippen LogP contribution in [0.4, 0.5) is 0 Å². The highest BCUT2D eigenvalue weighted by Gasteiger charge is 2.29. The molecule has 1 aliphatic rings. The van der Waals surface area contributed by atoms with Crippen LogP contribution in [-0.2, 0) is 0 Å². The number of hydrogen-bond donors (Lipinski definition) is 1. The van der Waals surface area contributed by atoms with E-state index < -0.39 is 0 Å². The molecule has 0 bridgehead atoms. The van der Waals surface area contributed by atoms with Crippen molar-refractivity contribution < 1.29 is 0 Å². The normalized spacial score (nSPS) is 18.0. The predicted octanol–water partition coefficient (Wildman–Crippen LogP) is 3.04. The van der Waals surface area contributed by atoms with Gasteiger partial charge in [-0.25, -0.2) is 0 Å². The van der Waals surface area contributed by atoms with Crippen molar-refractivity contribution in [1.29, 1.82) is 0 Å². The molecule has 1 N–H and O–H groups in total. The number of aryl methyl sites for hydroxylation is 2. The number of hydrogen-bond acceptors (Lipinski definition) is 3. The highest BCUT2D eigenvalue weighted by molar-refractivity contribution is 8.00. The second-order valence-corrected chi connectivity index (χ2v) is 7.20. The first kappa shape index (κ1) is 13.9. The molecule has 1 saturated heterocycles. The van der Waals surface area contributed by atoms with E-state index in [2.05, 4.69) is 56.1 Å². The van der Waals surface area contributed by atoms with Crippen molar-refractivity contribution in [3.63, 3.8) is 0 Å². The van der Waals surface area contributed by atoms with Crippen LogP contribution < -0.4 is 5.32 Å². The van der Waals surface area contributed by atoms with Crippen LogP contribution in [0.1, 0.15) is 25.0 Å². The van der Waals surface area contributed by atoms with Crippen LogP contribution >= 0.6 is 11.8 Å². The maximum Gasteiger partial charge on any atom is 0.0660 e. The third-order valence-corrected chi connectivity index (χ3v) is 5.00. The van der Waals surface area contributed by atoms with Crippen molar-refractivity contribution in [1.82, 2.24) is 10.2 Å². The molecular formula is C15H24N2S. The Bertz CT molecular complexity index is 409. The van der Waals surface area contributed by atoms with Crippen molar-refractivity contribution in [2.24, 2.45) is 0 Å². The minimum atomic E-state index is 0.169. The Kier molecular flexibility index (Phi) is 4.36. The summed E-state index contributed by atoms with van der Waals surface area (Å²) in [7, 11) is 0. The van der Waals surface area contributed by atoms with Crippen molar-refractivity contribution in [2.45, 2.75) is 37.5 Å². The molecule has 0 saturated carbocycles. The van der Waals surface area contributed by atoms with E-state index >= 15 is 0 Å². The highest BCUT2D eigenvalue weighted by Crippen LogP contribution is 2.37. The van der Waals surface area contributed by atoms with Crippen molar-refractivity contribution in [3.8, 4) is 0 Å². The zero-order valence-corrected chi connectivity index (χ0v) is 12.7. The molecule has 2 rings (SSSR count). The molecule has 2 nitrogen and oxygen atoms in total. The lowest BCUT2D eigenvalue weighted by molar-refractivity contribution is 0.172. The minimum Gasteiger partial charge on any atom is -0.314 e. The summed E-state index contributed by atoms with van der Waals surface area (Å²) < 4.78 is 0. The van der Waals surface area contributed by atoms with Gasteiger partial charge < -0.3 is 5.32 Å². The van der Waals surface area contributed by atoms with E-state index in [-0.39, 0.29) is 4.87 Å². The summed E-state index contributed by atoms with van der Waals surface area (Å²) in [6.45, 7) is 13.5. The molecular weight excluding hydrogens is 240 g/mol. The number of rotatable bonds is 3. The van der Waals surface area contributed by atoms with E-state index in [1.54, 1.807) is 0 Å². The lowest BCUT2D eigenvalue weighted by Gasteiger charge is -2.40. The molecule has 0 radical (unpaired) electrons. The van der Waals surface area contributed by atoms with E-state index in [0.29, 0.717) is 0 Å². The van der Waals surface area contributed by atoms with Gasteiger partial charge in [0.15, 0.2) is 0 Å². The third-order valence-electron chi connectivity index (χ3n) is 3.57. The summed E-state index contributed by atoms with van der Waals surface area (Å²) in [4.78, 5) is 4.15. The fraction of sp³-hybridized carbons (Fsp3) is 0.600. The molecule has 0 aromatic heterocycles. The molecule has 3 heteroatoms. The Morgan fingerprint density at radius 1 is 1.17 bits per heavy atom. The maximum atomic E-state index is 3.42. The largest absolute Gasteiger partial charge is 0.314 e. The smallest absolute Gasteiger partial charge is 0.0660 e. The Morgan fingerprint density at radius 3 is 2.44 bits per heavy atom. The Morgan fingerprint density at radius 2 is 1.83 bits per heavy atom. The summed E-state index contributed by atoms with van der Waals surface area (Å²) in [5.41, 5.74) is 2.74. The zero-order chi connectivity index (χ0) is 13.2. The summed E-state index contributed by atoms with van der Waals surface area (Å²) >= 11 is 1.99. The van der Waals surface area contributed by atoms with Crippen LogP contribution in [0.3, 0.4) is 0 Å². The molecule has 100 valence electrons. The molecule has 0 aliphatic carbocycles. The van der Waals surface area contributed by atoms with Crippen molar-refractivity contribution in [2.75, 3.05) is 26.2 Å². The molecule has 1 aliphatic heterocycles. The first-order chi connectivity index (χ1) is 8.49. The lowest BCUT2D eigenvalue weighted by Crippen LogP contribution is -2.51. The van der Waals surface area contributed by atoms with Crippen LogP contribution in [0.25, 0.3) is 0 Å². The van der Waals surface area contributed by atoms with Gasteiger partial charge in [-0.05, 0) is 39.3 Å². The van der Waals surface area contributed by atoms with Crippen LogP contribution in [0.2, 0.25) is 0 Å². The van der Waals surface area contributed by atoms with E-state index in [0.717, 1.165) is 26.2 Å². The summed E-state index contributed by atoms with van der Waals surface area (Å²) in [6.07, 6.45) is 0. The Balaban J connectivity index is 2.10. The highest BCUT2D eigenvalue weighted by atomic mass is 32.2. The number of benzene rings is 1. The molecule has 1 aromatic rings. The van der Waals surface area contributed by atoms with Gasteiger partial charge in [-0.15, -0.1) is 11.8 Å². The number of thioether (sulfide) groups is 1. The van der Waals surface area contributed by atoms with Crippen molar-refractivity contribution >= 4 is 11.8 Å². The number of nitrogens with zero attached hydrogens (tertiary/aromatic N) is 1. The van der Waals surface area contributed by atoms with Gasteiger partial charge in [0.05, 0.1) is 4.87 Å². The SMILES string of the molecule is Cc1ccc(SC(C)(C)N2CCNCC2)c(C)c1. The standard InChI is InChI=1S/C15H24N2S/c1-12-5-6-14(13(2)11-12)18-15(3,4)17-9-7-16-8-10-17/h5-6,11,16H,7-10H2,1-4H3. The van der Waals surface area contributed by atoms with Gasteiger partial charge in [-0.2, -0.15) is 0 Å². The molecule has 1 fully saturated rings. The van der Waals surface area contributed by atoms with Gasteiger partial charge in [0.2, 0.25) is 0 Å². The van der Waals surface area contributed by atoms with Crippen LogP contribution in [0, 0.1) is 13.8 Å². The van der Waals surface area contributed by atoms with Crippen LogP contribution in [-0.4, -0.2) is 35.9 Å². The van der Waals surface area contributed by atoms with Gasteiger partial charge in [0.1, 0.15) is 0 Å². The van der Waals surface area contributed by atoms with Gasteiger partial charge in [-0.1, -0.05) is 17.7 Å².